The van der Waals surface area contributed by atoms with Crippen molar-refractivity contribution in [2.24, 2.45) is 14.1 Å². The van der Waals surface area contributed by atoms with Gasteiger partial charge in [-0.2, -0.15) is 10.2 Å². The molecule has 0 N–H and O–H groups in total. The Morgan fingerprint density at radius 3 is 1.72 bits per heavy atom. The minimum atomic E-state index is 0.0507. The number of aryl methyl sites for hydroxylation is 1. The summed E-state index contributed by atoms with van der Waals surface area (Å²) in [5.74, 6) is 2.46. The number of hydrogen-bond donors (Lipinski definition) is 0. The molecule has 4 aliphatic heterocycles. The summed E-state index contributed by atoms with van der Waals surface area (Å²) in [4.78, 5) is 55.3. The van der Waals surface area contributed by atoms with E-state index < -0.39 is 0 Å². The number of ether oxygens (including phenoxy) is 1. The third-order valence-electron chi connectivity index (χ3n) is 15.8. The number of halogens is 1. The number of carbonyl (C=O) groups is 2. The van der Waals surface area contributed by atoms with Crippen LogP contribution in [0, 0.1) is 32.1 Å². The Labute approximate surface area is 440 Å². The van der Waals surface area contributed by atoms with E-state index in [0.29, 0.717) is 68.0 Å². The average molecular weight is 1020 g/mol. The minimum absolute atomic E-state index is 0.0507. The molecule has 2 aromatic carbocycles. The standard InChI is InChI=1S/C57H68ClN13O3/c1-41-16-17-60-53(34-41)68-28-32-71(33-29-68)57(73)51-36-47(43(3)63(51)5)39-65-20-24-69(25-21-65)55-45(11-8-12-48(55)58)40-74-54-15-9-14-52(61-54)67-26-30-70(31-27-67)56(72)50-35-46(42(2)62(50)4)38-64-18-22-66(23-19-64)49-13-7-6-10-44(49)37-59/h6-17,34-36H,18-33,38-40H2,1-5H3. The normalized spacial score (nSPS) is 17.0. The molecule has 17 heteroatoms. The number of aromatic nitrogens is 4. The first-order chi connectivity index (χ1) is 35.9. The van der Waals surface area contributed by atoms with Crippen molar-refractivity contribution in [3.8, 4) is 11.9 Å². The van der Waals surface area contributed by atoms with Crippen molar-refractivity contribution in [3.05, 3.63) is 147 Å². The van der Waals surface area contributed by atoms with Crippen LogP contribution in [0.2, 0.25) is 5.02 Å². The van der Waals surface area contributed by atoms with Gasteiger partial charge in [0.05, 0.1) is 22.0 Å². The first kappa shape index (κ1) is 50.5. The third kappa shape index (κ3) is 10.8. The molecule has 0 spiro atoms. The van der Waals surface area contributed by atoms with Crippen LogP contribution in [0.1, 0.15) is 60.2 Å². The molecule has 4 saturated heterocycles. The van der Waals surface area contributed by atoms with Gasteiger partial charge in [-0.25, -0.2) is 4.98 Å². The third-order valence-corrected chi connectivity index (χ3v) is 16.1. The van der Waals surface area contributed by atoms with Gasteiger partial charge in [-0.05, 0) is 86.0 Å². The molecule has 4 fully saturated rings. The number of anilines is 4. The second-order valence-electron chi connectivity index (χ2n) is 20.2. The monoisotopic (exact) mass is 1020 g/mol. The Balaban J connectivity index is 0.695. The van der Waals surface area contributed by atoms with Gasteiger partial charge in [0.15, 0.2) is 0 Å². The van der Waals surface area contributed by atoms with Crippen molar-refractivity contribution in [1.29, 1.82) is 5.26 Å². The summed E-state index contributed by atoms with van der Waals surface area (Å²) in [6, 6.07) is 30.3. The number of piperazine rings is 4. The molecular weight excluding hydrogens is 950 g/mol. The second kappa shape index (κ2) is 22.2. The van der Waals surface area contributed by atoms with Crippen LogP contribution in [-0.4, -0.2) is 155 Å². The highest BCUT2D eigenvalue weighted by atomic mass is 35.5. The quantitative estimate of drug-likeness (QED) is 0.121. The van der Waals surface area contributed by atoms with Crippen LogP contribution in [-0.2, 0) is 33.8 Å². The van der Waals surface area contributed by atoms with Gasteiger partial charge in [0.1, 0.15) is 35.7 Å². The van der Waals surface area contributed by atoms with Crippen molar-refractivity contribution in [2.75, 3.05) is 124 Å². The first-order valence-electron chi connectivity index (χ1n) is 26.0. The van der Waals surface area contributed by atoms with Crippen molar-refractivity contribution in [2.45, 2.75) is 40.5 Å². The van der Waals surface area contributed by atoms with E-state index in [1.807, 2.05) is 95.3 Å². The van der Waals surface area contributed by atoms with E-state index in [0.717, 1.165) is 124 Å². The Bertz CT molecular complexity index is 3020. The molecule has 0 bridgehead atoms. The van der Waals surface area contributed by atoms with Crippen molar-refractivity contribution in [3.63, 3.8) is 0 Å². The molecule has 74 heavy (non-hydrogen) atoms. The second-order valence-corrected chi connectivity index (χ2v) is 20.6. The predicted molar refractivity (Wildman–Crippen MR) is 292 cm³/mol. The first-order valence-corrected chi connectivity index (χ1v) is 26.4. The number of amides is 2. The van der Waals surface area contributed by atoms with Gasteiger partial charge in [0, 0.05) is 161 Å². The Morgan fingerprint density at radius 2 is 1.14 bits per heavy atom. The fraction of sp³-hybridized carbons (Fsp3) is 0.421. The van der Waals surface area contributed by atoms with Crippen LogP contribution < -0.4 is 24.3 Å². The van der Waals surface area contributed by atoms with Gasteiger partial charge in [-0.15, -0.1) is 0 Å². The lowest BCUT2D eigenvalue weighted by atomic mass is 10.1. The number of carbonyl (C=O) groups excluding carboxylic acids is 2. The van der Waals surface area contributed by atoms with Gasteiger partial charge >= 0.3 is 0 Å². The van der Waals surface area contributed by atoms with Gasteiger partial charge < -0.3 is 43.3 Å². The summed E-state index contributed by atoms with van der Waals surface area (Å²) in [6.45, 7) is 20.3. The van der Waals surface area contributed by atoms with E-state index in [1.54, 1.807) is 0 Å². The minimum Gasteiger partial charge on any atom is -0.473 e. The molecule has 2 amide bonds. The maximum atomic E-state index is 14.0. The van der Waals surface area contributed by atoms with Gasteiger partial charge in [0.2, 0.25) is 5.88 Å². The Kier molecular flexibility index (Phi) is 15.1. The Hall–Kier alpha value is -7.06. The number of nitriles is 1. The average Bonchev–Trinajstić information content (AvgIpc) is 3.88. The molecule has 0 aliphatic carbocycles. The molecule has 10 rings (SSSR count). The summed E-state index contributed by atoms with van der Waals surface area (Å²) >= 11 is 6.96. The van der Waals surface area contributed by atoms with Gasteiger partial charge in [-0.1, -0.05) is 41.9 Å². The lowest BCUT2D eigenvalue weighted by molar-refractivity contribution is 0.0729. The predicted octanol–water partition coefficient (Wildman–Crippen LogP) is 6.75. The van der Waals surface area contributed by atoms with E-state index in [9.17, 15) is 14.9 Å². The highest BCUT2D eigenvalue weighted by Crippen LogP contribution is 2.33. The van der Waals surface area contributed by atoms with Crippen LogP contribution in [0.3, 0.4) is 0 Å². The molecule has 0 atom stereocenters. The fourth-order valence-corrected chi connectivity index (χ4v) is 11.3. The zero-order chi connectivity index (χ0) is 51.5. The number of pyridine rings is 2. The van der Waals surface area contributed by atoms with Crippen LogP contribution in [0.4, 0.5) is 23.0 Å². The molecule has 8 heterocycles. The zero-order valence-electron chi connectivity index (χ0n) is 43.5. The maximum Gasteiger partial charge on any atom is 0.270 e. The molecule has 0 saturated carbocycles. The highest BCUT2D eigenvalue weighted by Gasteiger charge is 2.30. The van der Waals surface area contributed by atoms with E-state index in [-0.39, 0.29) is 11.8 Å². The maximum absolute atomic E-state index is 14.0. The van der Waals surface area contributed by atoms with E-state index in [2.05, 4.69) is 90.1 Å². The van der Waals surface area contributed by atoms with Gasteiger partial charge in [-0.3, -0.25) is 19.4 Å². The highest BCUT2D eigenvalue weighted by molar-refractivity contribution is 6.33. The van der Waals surface area contributed by atoms with Crippen LogP contribution >= 0.6 is 11.6 Å². The van der Waals surface area contributed by atoms with Gasteiger partial charge in [0.25, 0.3) is 11.8 Å². The van der Waals surface area contributed by atoms with E-state index >= 15 is 0 Å². The summed E-state index contributed by atoms with van der Waals surface area (Å²) in [7, 11) is 3.99. The lowest BCUT2D eigenvalue weighted by Crippen LogP contribution is -2.49. The molecule has 4 aromatic heterocycles. The van der Waals surface area contributed by atoms with Crippen LogP contribution in [0.15, 0.2) is 91.1 Å². The number of para-hydroxylation sites is 2. The molecule has 0 unspecified atom stereocenters. The molecule has 386 valence electrons. The summed E-state index contributed by atoms with van der Waals surface area (Å²) in [6.07, 6.45) is 1.85. The van der Waals surface area contributed by atoms with Crippen molar-refractivity contribution in [1.82, 2.24) is 38.7 Å². The number of rotatable bonds is 13. The summed E-state index contributed by atoms with van der Waals surface area (Å²) in [5, 5.41) is 10.3. The lowest BCUT2D eigenvalue weighted by Gasteiger charge is -2.37. The number of benzene rings is 2. The molecule has 6 aromatic rings. The summed E-state index contributed by atoms with van der Waals surface area (Å²) < 4.78 is 10.5. The Morgan fingerprint density at radius 1 is 0.595 bits per heavy atom. The van der Waals surface area contributed by atoms with E-state index in [4.69, 9.17) is 21.3 Å². The summed E-state index contributed by atoms with van der Waals surface area (Å²) in [5.41, 5.74) is 10.9. The molecule has 0 radical (unpaired) electrons. The topological polar surface area (TPSA) is 129 Å². The smallest absolute Gasteiger partial charge is 0.270 e. The largest absolute Gasteiger partial charge is 0.473 e. The van der Waals surface area contributed by atoms with Crippen molar-refractivity contribution < 1.29 is 14.3 Å². The van der Waals surface area contributed by atoms with Crippen molar-refractivity contribution >= 4 is 46.4 Å². The van der Waals surface area contributed by atoms with Crippen LogP contribution in [0.25, 0.3) is 0 Å². The van der Waals surface area contributed by atoms with E-state index in [1.165, 1.54) is 16.7 Å². The zero-order valence-corrected chi connectivity index (χ0v) is 44.3. The fourth-order valence-electron chi connectivity index (χ4n) is 11.0. The SMILES string of the molecule is Cc1ccnc(N2CCN(C(=O)c3cc(CN4CCN(c5c(Cl)cccc5COc5cccc(N6CCN(C(=O)c7cc(CN8CCN(c9ccccc9C#N)CC8)c(C)n7C)CC6)n5)CC4)c(C)n3C)CC2)c1. The molecule has 16 nitrogen and oxygen atoms in total. The molecular formula is C57H68ClN13O3. The number of nitrogens with zero attached hydrogens (tertiary/aromatic N) is 13. The molecule has 4 aliphatic rings. The van der Waals surface area contributed by atoms with Crippen LogP contribution in [0.5, 0.6) is 5.88 Å². The number of hydrogen-bond acceptors (Lipinski definition) is 12.